The van der Waals surface area contributed by atoms with Crippen molar-refractivity contribution in [2.75, 3.05) is 19.7 Å². The molecule has 20 heavy (non-hydrogen) atoms. The van der Waals surface area contributed by atoms with Gasteiger partial charge in [-0.15, -0.1) is 0 Å². The molecule has 6 heteroatoms. The molecule has 1 saturated heterocycles. The molecule has 6 nitrogen and oxygen atoms in total. The Labute approximate surface area is 117 Å². The summed E-state index contributed by atoms with van der Waals surface area (Å²) >= 11 is 0. The van der Waals surface area contributed by atoms with Crippen LogP contribution in [0.1, 0.15) is 22.8 Å². The molecule has 0 saturated carbocycles. The normalized spacial score (nSPS) is 23.4. The molecule has 0 aromatic heterocycles. The van der Waals surface area contributed by atoms with E-state index >= 15 is 0 Å². The molecule has 1 fully saturated rings. The van der Waals surface area contributed by atoms with Gasteiger partial charge in [0.1, 0.15) is 0 Å². The number of carboxylic acid groups (broad SMARTS) is 1. The molecule has 0 bridgehead atoms. The molecule has 0 aliphatic carbocycles. The Bertz CT molecular complexity index is 532. The zero-order valence-electron chi connectivity index (χ0n) is 11.3. The van der Waals surface area contributed by atoms with Gasteiger partial charge in [-0.3, -0.25) is 9.69 Å². The van der Waals surface area contributed by atoms with E-state index < -0.39 is 17.5 Å². The van der Waals surface area contributed by atoms with E-state index in [0.717, 1.165) is 0 Å². The zero-order valence-corrected chi connectivity index (χ0v) is 11.3. The number of ether oxygens (including phenoxy) is 1. The number of rotatable bonds is 4. The number of hydrogen-bond acceptors (Lipinski definition) is 4. The molecule has 1 aromatic carbocycles. The average Bonchev–Trinajstić information content (AvgIpc) is 2.39. The fraction of sp³-hybridized carbons (Fsp3) is 0.429. The van der Waals surface area contributed by atoms with Crippen LogP contribution in [0, 0.1) is 0 Å². The molecule has 1 heterocycles. The number of carbonyl (C=O) groups excluding carboxylic acids is 1. The van der Waals surface area contributed by atoms with Crippen LogP contribution in [0.4, 0.5) is 0 Å². The van der Waals surface area contributed by atoms with Crippen molar-refractivity contribution in [3.8, 4) is 0 Å². The highest BCUT2D eigenvalue weighted by atomic mass is 16.5. The van der Waals surface area contributed by atoms with E-state index in [0.29, 0.717) is 31.8 Å². The Morgan fingerprint density at radius 3 is 2.80 bits per heavy atom. The van der Waals surface area contributed by atoms with Crippen molar-refractivity contribution in [3.63, 3.8) is 0 Å². The largest absolute Gasteiger partial charge is 0.478 e. The van der Waals surface area contributed by atoms with Gasteiger partial charge in [0.2, 0.25) is 0 Å². The molecule has 108 valence electrons. The Morgan fingerprint density at radius 2 is 2.15 bits per heavy atom. The van der Waals surface area contributed by atoms with Crippen LogP contribution in [-0.2, 0) is 16.1 Å². The molecule has 0 spiro atoms. The summed E-state index contributed by atoms with van der Waals surface area (Å²) in [5.41, 5.74) is 5.33. The highest BCUT2D eigenvalue weighted by Crippen LogP contribution is 2.20. The van der Waals surface area contributed by atoms with Gasteiger partial charge < -0.3 is 15.6 Å². The highest BCUT2D eigenvalue weighted by Gasteiger charge is 2.37. The second-order valence-electron chi connectivity index (χ2n) is 5.12. The number of benzene rings is 1. The molecular weight excluding hydrogens is 260 g/mol. The lowest BCUT2D eigenvalue weighted by molar-refractivity contribution is -0.153. The monoisotopic (exact) mass is 278 g/mol. The Kier molecular flexibility index (Phi) is 4.06. The van der Waals surface area contributed by atoms with Gasteiger partial charge in [0.05, 0.1) is 12.2 Å². The molecular formula is C14H18N2O4. The summed E-state index contributed by atoms with van der Waals surface area (Å²) in [6.45, 7) is 3.50. The molecule has 2 rings (SSSR count). The van der Waals surface area contributed by atoms with E-state index in [9.17, 15) is 9.59 Å². The second-order valence-corrected chi connectivity index (χ2v) is 5.12. The van der Waals surface area contributed by atoms with Crippen molar-refractivity contribution in [1.82, 2.24) is 4.90 Å². The summed E-state index contributed by atoms with van der Waals surface area (Å²) in [5, 5.41) is 9.17. The zero-order chi connectivity index (χ0) is 14.8. The molecule has 1 aromatic rings. The predicted octanol–water partition coefficient (Wildman–Crippen LogP) is 0.461. The summed E-state index contributed by atoms with van der Waals surface area (Å²) in [6, 6.07) is 6.85. The van der Waals surface area contributed by atoms with E-state index in [2.05, 4.69) is 0 Å². The average molecular weight is 278 g/mol. The molecule has 0 unspecified atom stereocenters. The Balaban J connectivity index is 2.14. The molecule has 1 aliphatic rings. The second kappa shape index (κ2) is 5.60. The van der Waals surface area contributed by atoms with Crippen molar-refractivity contribution in [1.29, 1.82) is 0 Å². The third kappa shape index (κ3) is 2.97. The predicted molar refractivity (Wildman–Crippen MR) is 72.2 cm³/mol. The number of carboxylic acids is 1. The van der Waals surface area contributed by atoms with Crippen LogP contribution in [0.2, 0.25) is 0 Å². The fourth-order valence-electron chi connectivity index (χ4n) is 2.34. The molecule has 1 aliphatic heterocycles. The lowest BCUT2D eigenvalue weighted by Gasteiger charge is -2.38. The van der Waals surface area contributed by atoms with Crippen molar-refractivity contribution >= 4 is 11.9 Å². The van der Waals surface area contributed by atoms with Crippen LogP contribution in [0.15, 0.2) is 24.3 Å². The summed E-state index contributed by atoms with van der Waals surface area (Å²) < 4.78 is 5.44. The minimum absolute atomic E-state index is 0.278. The molecule has 1 atom stereocenters. The molecule has 0 radical (unpaired) electrons. The van der Waals surface area contributed by atoms with Gasteiger partial charge in [-0.25, -0.2) is 4.79 Å². The number of morpholine rings is 1. The lowest BCUT2D eigenvalue weighted by atomic mass is 10.0. The third-order valence-electron chi connectivity index (χ3n) is 3.52. The maximum Gasteiger partial charge on any atom is 0.336 e. The van der Waals surface area contributed by atoms with E-state index in [1.165, 1.54) is 0 Å². The van der Waals surface area contributed by atoms with Crippen LogP contribution in [-0.4, -0.2) is 47.2 Å². The van der Waals surface area contributed by atoms with Crippen LogP contribution in [0.25, 0.3) is 0 Å². The summed E-state index contributed by atoms with van der Waals surface area (Å²) in [4.78, 5) is 24.6. The number of amides is 1. The van der Waals surface area contributed by atoms with E-state index in [-0.39, 0.29) is 5.56 Å². The Hall–Kier alpha value is -1.92. The molecule has 3 N–H and O–H groups in total. The maximum atomic E-state index is 11.4. The van der Waals surface area contributed by atoms with Gasteiger partial charge in [0, 0.05) is 19.6 Å². The number of nitrogens with zero attached hydrogens (tertiary/aromatic N) is 1. The standard InChI is InChI=1S/C14H18N2O4/c1-14(13(15)19)9-16(6-7-20-14)8-10-4-2-3-5-11(10)12(17)18/h2-5H,6-9H2,1H3,(H2,15,19)(H,17,18)/t14-/m1/s1. The van der Waals surface area contributed by atoms with Gasteiger partial charge >= 0.3 is 5.97 Å². The smallest absolute Gasteiger partial charge is 0.336 e. The van der Waals surface area contributed by atoms with Gasteiger partial charge in [-0.1, -0.05) is 18.2 Å². The highest BCUT2D eigenvalue weighted by molar-refractivity contribution is 5.89. The number of aromatic carboxylic acids is 1. The van der Waals surface area contributed by atoms with Gasteiger partial charge in [-0.2, -0.15) is 0 Å². The fourth-order valence-corrected chi connectivity index (χ4v) is 2.34. The first-order valence-electron chi connectivity index (χ1n) is 6.40. The lowest BCUT2D eigenvalue weighted by Crippen LogP contribution is -2.56. The van der Waals surface area contributed by atoms with Crippen molar-refractivity contribution in [2.45, 2.75) is 19.1 Å². The first-order valence-corrected chi connectivity index (χ1v) is 6.40. The summed E-state index contributed by atoms with van der Waals surface area (Å²) in [7, 11) is 0. The number of carbonyl (C=O) groups is 2. The Morgan fingerprint density at radius 1 is 1.45 bits per heavy atom. The third-order valence-corrected chi connectivity index (χ3v) is 3.52. The first kappa shape index (κ1) is 14.5. The van der Waals surface area contributed by atoms with E-state index in [4.69, 9.17) is 15.6 Å². The number of hydrogen-bond donors (Lipinski definition) is 2. The van der Waals surface area contributed by atoms with Crippen LogP contribution in [0.3, 0.4) is 0 Å². The first-order chi connectivity index (χ1) is 9.42. The van der Waals surface area contributed by atoms with Crippen LogP contribution in [0.5, 0.6) is 0 Å². The minimum atomic E-state index is -1.02. The number of nitrogens with two attached hydrogens (primary N) is 1. The van der Waals surface area contributed by atoms with Crippen molar-refractivity contribution in [2.24, 2.45) is 5.73 Å². The SMILES string of the molecule is C[C@]1(C(N)=O)CN(Cc2ccccc2C(=O)O)CCO1. The van der Waals surface area contributed by atoms with E-state index in [1.807, 2.05) is 4.90 Å². The number of primary amides is 1. The minimum Gasteiger partial charge on any atom is -0.478 e. The van der Waals surface area contributed by atoms with Crippen molar-refractivity contribution < 1.29 is 19.4 Å². The summed E-state index contributed by atoms with van der Waals surface area (Å²) in [5.74, 6) is -1.46. The van der Waals surface area contributed by atoms with E-state index in [1.54, 1.807) is 31.2 Å². The van der Waals surface area contributed by atoms with Crippen LogP contribution < -0.4 is 5.73 Å². The van der Waals surface area contributed by atoms with Gasteiger partial charge in [0.15, 0.2) is 5.60 Å². The topological polar surface area (TPSA) is 92.9 Å². The van der Waals surface area contributed by atoms with Crippen molar-refractivity contribution in [3.05, 3.63) is 35.4 Å². The molecule has 1 amide bonds. The maximum absolute atomic E-state index is 11.4. The summed E-state index contributed by atoms with van der Waals surface area (Å²) in [6.07, 6.45) is 0. The van der Waals surface area contributed by atoms with Gasteiger partial charge in [-0.05, 0) is 18.6 Å². The van der Waals surface area contributed by atoms with Gasteiger partial charge in [0.25, 0.3) is 5.91 Å². The quantitative estimate of drug-likeness (QED) is 0.834. The van der Waals surface area contributed by atoms with Crippen LogP contribution >= 0.6 is 0 Å².